The van der Waals surface area contributed by atoms with Crippen molar-refractivity contribution in [3.63, 3.8) is 0 Å². The summed E-state index contributed by atoms with van der Waals surface area (Å²) in [5.74, 6) is 0.521. The van der Waals surface area contributed by atoms with E-state index in [0.717, 1.165) is 34.8 Å². The third-order valence-electron chi connectivity index (χ3n) is 5.06. The first-order chi connectivity index (χ1) is 14.1. The molecule has 29 heavy (non-hydrogen) atoms. The summed E-state index contributed by atoms with van der Waals surface area (Å²) in [6.45, 7) is 1.35. The molecule has 0 radical (unpaired) electrons. The van der Waals surface area contributed by atoms with Gasteiger partial charge in [0.2, 0.25) is 0 Å². The summed E-state index contributed by atoms with van der Waals surface area (Å²) in [6, 6.07) is 14.3. The fraction of sp³-hybridized carbons (Fsp3) is 0.273. The molecule has 1 aliphatic rings. The second-order valence-corrected chi connectivity index (χ2v) is 7.84. The number of benzene rings is 2. The average Bonchev–Trinajstić information content (AvgIpc) is 3.26. The van der Waals surface area contributed by atoms with E-state index in [9.17, 15) is 9.18 Å². The number of methoxy groups -OCH3 is 1. The molecule has 7 heteroatoms. The van der Waals surface area contributed by atoms with Gasteiger partial charge in [-0.2, -0.15) is 0 Å². The van der Waals surface area contributed by atoms with Gasteiger partial charge >= 0.3 is 0 Å². The number of hydrogen-bond acceptors (Lipinski definition) is 5. The summed E-state index contributed by atoms with van der Waals surface area (Å²) >= 11 is 1.47. The zero-order valence-corrected chi connectivity index (χ0v) is 16.9. The minimum Gasteiger partial charge on any atom is -0.497 e. The van der Waals surface area contributed by atoms with Gasteiger partial charge in [-0.15, -0.1) is 11.3 Å². The highest BCUT2D eigenvalue weighted by Gasteiger charge is 2.25. The van der Waals surface area contributed by atoms with E-state index in [1.807, 2.05) is 34.5 Å². The summed E-state index contributed by atoms with van der Waals surface area (Å²) in [4.78, 5) is 19.2. The van der Waals surface area contributed by atoms with Crippen molar-refractivity contribution >= 4 is 22.9 Å². The number of rotatable bonds is 5. The number of halogens is 1. The van der Waals surface area contributed by atoms with Crippen LogP contribution in [0.25, 0.3) is 10.6 Å². The van der Waals surface area contributed by atoms with Gasteiger partial charge in [-0.05, 0) is 61.4 Å². The second-order valence-electron chi connectivity index (χ2n) is 6.98. The van der Waals surface area contributed by atoms with Gasteiger partial charge in [0.1, 0.15) is 22.3 Å². The lowest BCUT2D eigenvalue weighted by molar-refractivity contribution is 0.0713. The predicted octanol–water partition coefficient (Wildman–Crippen LogP) is 4.67. The Balaban J connectivity index is 1.34. The van der Waals surface area contributed by atoms with Crippen LogP contribution in [0.1, 0.15) is 23.3 Å². The molecule has 1 amide bonds. The Hall–Kier alpha value is -2.93. The first-order valence-electron chi connectivity index (χ1n) is 9.54. The van der Waals surface area contributed by atoms with E-state index < -0.39 is 0 Å². The van der Waals surface area contributed by atoms with Crippen LogP contribution in [-0.2, 0) is 0 Å². The maximum atomic E-state index is 13.0. The Kier molecular flexibility index (Phi) is 5.76. The Morgan fingerprint density at radius 3 is 2.48 bits per heavy atom. The molecule has 0 unspecified atom stereocenters. The zero-order valence-electron chi connectivity index (χ0n) is 16.1. The standard InChI is InChI=1S/C22H22FN3O2S/c1-28-19-8-2-15(3-9-19)21-25-20(14-29-21)22(27)26-12-10-18(11-13-26)24-17-6-4-16(23)5-7-17/h2-9,14,18,24H,10-13H2,1H3. The number of anilines is 1. The maximum absolute atomic E-state index is 13.0. The monoisotopic (exact) mass is 411 g/mol. The number of hydrogen-bond donors (Lipinski definition) is 1. The Morgan fingerprint density at radius 2 is 1.83 bits per heavy atom. The van der Waals surface area contributed by atoms with E-state index in [2.05, 4.69) is 10.3 Å². The number of amides is 1. The topological polar surface area (TPSA) is 54.5 Å². The molecule has 0 atom stereocenters. The molecule has 150 valence electrons. The van der Waals surface area contributed by atoms with Gasteiger partial charge in [-0.3, -0.25) is 4.79 Å². The van der Waals surface area contributed by atoms with Crippen LogP contribution in [0.2, 0.25) is 0 Å². The number of thiazole rings is 1. The van der Waals surface area contributed by atoms with Crippen LogP contribution in [0.15, 0.2) is 53.9 Å². The quantitative estimate of drug-likeness (QED) is 0.663. The lowest BCUT2D eigenvalue weighted by atomic mass is 10.0. The molecule has 1 saturated heterocycles. The number of ether oxygens (including phenoxy) is 1. The first kappa shape index (κ1) is 19.4. The second kappa shape index (κ2) is 8.61. The van der Waals surface area contributed by atoms with Crippen LogP contribution in [0, 0.1) is 5.82 Å². The van der Waals surface area contributed by atoms with Gasteiger partial charge in [-0.1, -0.05) is 0 Å². The van der Waals surface area contributed by atoms with Crippen molar-refractivity contribution in [2.24, 2.45) is 0 Å². The van der Waals surface area contributed by atoms with Gasteiger partial charge in [0.25, 0.3) is 5.91 Å². The molecule has 0 aliphatic carbocycles. The number of nitrogens with one attached hydrogen (secondary N) is 1. The molecular weight excluding hydrogens is 389 g/mol. The molecule has 4 rings (SSSR count). The minimum atomic E-state index is -0.242. The number of likely N-dealkylation sites (tertiary alicyclic amines) is 1. The van der Waals surface area contributed by atoms with Crippen LogP contribution in [0.4, 0.5) is 10.1 Å². The van der Waals surface area contributed by atoms with Gasteiger partial charge in [0.05, 0.1) is 7.11 Å². The van der Waals surface area contributed by atoms with Gasteiger partial charge in [0.15, 0.2) is 0 Å². The van der Waals surface area contributed by atoms with E-state index in [-0.39, 0.29) is 17.8 Å². The van der Waals surface area contributed by atoms with Crippen LogP contribution in [-0.4, -0.2) is 42.0 Å². The van der Waals surface area contributed by atoms with E-state index >= 15 is 0 Å². The minimum absolute atomic E-state index is 0.0266. The Morgan fingerprint density at radius 1 is 1.14 bits per heavy atom. The van der Waals surface area contributed by atoms with E-state index in [4.69, 9.17) is 4.74 Å². The summed E-state index contributed by atoms with van der Waals surface area (Å²) in [6.07, 6.45) is 1.69. The normalized spacial score (nSPS) is 14.6. The number of carbonyl (C=O) groups excluding carboxylic acids is 1. The first-order valence-corrected chi connectivity index (χ1v) is 10.4. The summed E-state index contributed by atoms with van der Waals surface area (Å²) < 4.78 is 18.2. The molecule has 1 fully saturated rings. The smallest absolute Gasteiger partial charge is 0.273 e. The maximum Gasteiger partial charge on any atom is 0.273 e. The third-order valence-corrected chi connectivity index (χ3v) is 5.95. The molecule has 0 spiro atoms. The largest absolute Gasteiger partial charge is 0.497 e. The summed E-state index contributed by atoms with van der Waals surface area (Å²) in [7, 11) is 1.63. The van der Waals surface area contributed by atoms with Crippen molar-refractivity contribution in [1.82, 2.24) is 9.88 Å². The molecule has 0 saturated carbocycles. The highest BCUT2D eigenvalue weighted by atomic mass is 32.1. The van der Waals surface area contributed by atoms with Crippen molar-refractivity contribution in [2.75, 3.05) is 25.5 Å². The molecule has 2 aromatic carbocycles. The summed E-state index contributed by atoms with van der Waals surface area (Å²) in [5, 5.41) is 6.06. The molecule has 1 N–H and O–H groups in total. The lowest BCUT2D eigenvalue weighted by Gasteiger charge is -2.32. The Bertz CT molecular complexity index is 964. The molecule has 0 bridgehead atoms. The Labute approximate surface area is 173 Å². The van der Waals surface area contributed by atoms with Crippen LogP contribution < -0.4 is 10.1 Å². The third kappa shape index (κ3) is 4.56. The van der Waals surface area contributed by atoms with E-state index in [0.29, 0.717) is 18.8 Å². The fourth-order valence-electron chi connectivity index (χ4n) is 3.41. The van der Waals surface area contributed by atoms with Crippen molar-refractivity contribution in [3.8, 4) is 16.3 Å². The van der Waals surface area contributed by atoms with E-state index in [1.54, 1.807) is 19.2 Å². The van der Waals surface area contributed by atoms with E-state index in [1.165, 1.54) is 23.5 Å². The number of piperidine rings is 1. The number of carbonyl (C=O) groups is 1. The van der Waals surface area contributed by atoms with Crippen molar-refractivity contribution in [2.45, 2.75) is 18.9 Å². The fourth-order valence-corrected chi connectivity index (χ4v) is 4.21. The predicted molar refractivity (Wildman–Crippen MR) is 113 cm³/mol. The number of aromatic nitrogens is 1. The van der Waals surface area contributed by atoms with Gasteiger partial charge < -0.3 is 15.0 Å². The van der Waals surface area contributed by atoms with Crippen LogP contribution in [0.5, 0.6) is 5.75 Å². The molecule has 5 nitrogen and oxygen atoms in total. The SMILES string of the molecule is COc1ccc(-c2nc(C(=O)N3CCC(Nc4ccc(F)cc4)CC3)cs2)cc1. The molecule has 2 heterocycles. The highest BCUT2D eigenvalue weighted by molar-refractivity contribution is 7.13. The highest BCUT2D eigenvalue weighted by Crippen LogP contribution is 2.27. The molecule has 1 aliphatic heterocycles. The van der Waals surface area contributed by atoms with Crippen molar-refractivity contribution < 1.29 is 13.9 Å². The lowest BCUT2D eigenvalue weighted by Crippen LogP contribution is -2.42. The van der Waals surface area contributed by atoms with Gasteiger partial charge in [0, 0.05) is 35.8 Å². The van der Waals surface area contributed by atoms with Crippen LogP contribution >= 0.6 is 11.3 Å². The van der Waals surface area contributed by atoms with Crippen molar-refractivity contribution in [1.29, 1.82) is 0 Å². The van der Waals surface area contributed by atoms with Gasteiger partial charge in [-0.25, -0.2) is 9.37 Å². The number of nitrogens with zero attached hydrogens (tertiary/aromatic N) is 2. The van der Waals surface area contributed by atoms with Crippen molar-refractivity contribution in [3.05, 3.63) is 65.4 Å². The van der Waals surface area contributed by atoms with Crippen LogP contribution in [0.3, 0.4) is 0 Å². The summed E-state index contributed by atoms with van der Waals surface area (Å²) in [5.41, 5.74) is 2.36. The molecular formula is C22H22FN3O2S. The average molecular weight is 412 g/mol. The zero-order chi connectivity index (χ0) is 20.2. The molecule has 1 aromatic heterocycles. The molecule has 3 aromatic rings.